The summed E-state index contributed by atoms with van der Waals surface area (Å²) in [5.41, 5.74) is 0.895. The van der Waals surface area contributed by atoms with Crippen molar-refractivity contribution in [1.82, 2.24) is 5.12 Å². The summed E-state index contributed by atoms with van der Waals surface area (Å²) < 4.78 is 12.8. The number of aliphatic imine (C=N–C) groups is 1. The second-order valence-electron chi connectivity index (χ2n) is 2.90. The molecule has 0 aliphatic carbocycles. The number of halogens is 1. The molecule has 72 valence electrons. The van der Waals surface area contributed by atoms with Crippen LogP contribution < -0.4 is 5.32 Å². The number of anilines is 1. The van der Waals surface area contributed by atoms with Gasteiger partial charge in [0.1, 0.15) is 5.82 Å². The Bertz CT molecular complexity index is 359. The summed E-state index contributed by atoms with van der Waals surface area (Å²) in [5.74, 6) is 0.505. The maximum atomic E-state index is 12.8. The van der Waals surface area contributed by atoms with Crippen molar-refractivity contribution in [1.29, 1.82) is 0 Å². The second-order valence-corrected chi connectivity index (χ2v) is 2.90. The van der Waals surface area contributed by atoms with Crippen molar-refractivity contribution in [2.24, 2.45) is 4.99 Å². The zero-order valence-electron chi connectivity index (χ0n) is 7.52. The van der Waals surface area contributed by atoms with Crippen molar-refractivity contribution < 1.29 is 4.48 Å². The van der Waals surface area contributed by atoms with Crippen LogP contribution in [0.2, 0.25) is 0 Å². The Balaban J connectivity index is 2.08. The van der Waals surface area contributed by atoms with Crippen molar-refractivity contribution >= 4 is 11.9 Å². The SMILES string of the molecule is FN1C=C(Nc2ccccc2)N=CC1. The maximum Gasteiger partial charge on any atom is 0.148 e. The molecule has 1 aliphatic heterocycles. The van der Waals surface area contributed by atoms with Crippen LogP contribution in [-0.4, -0.2) is 17.9 Å². The van der Waals surface area contributed by atoms with Crippen molar-refractivity contribution in [3.05, 3.63) is 42.4 Å². The first-order valence-electron chi connectivity index (χ1n) is 4.33. The highest BCUT2D eigenvalue weighted by Crippen LogP contribution is 2.12. The first-order valence-corrected chi connectivity index (χ1v) is 4.33. The number of hydrogen-bond donors (Lipinski definition) is 1. The Kier molecular flexibility index (Phi) is 2.44. The number of benzene rings is 1. The Morgan fingerprint density at radius 1 is 1.29 bits per heavy atom. The van der Waals surface area contributed by atoms with Gasteiger partial charge in [-0.3, -0.25) is 0 Å². The molecule has 0 radical (unpaired) electrons. The summed E-state index contributed by atoms with van der Waals surface area (Å²) in [7, 11) is 0. The molecule has 14 heavy (non-hydrogen) atoms. The Labute approximate surface area is 81.5 Å². The molecule has 0 amide bonds. The van der Waals surface area contributed by atoms with E-state index in [1.165, 1.54) is 12.4 Å². The lowest BCUT2D eigenvalue weighted by molar-refractivity contribution is 0.110. The molecule has 0 aromatic heterocycles. The van der Waals surface area contributed by atoms with Gasteiger partial charge in [0.05, 0.1) is 12.7 Å². The Morgan fingerprint density at radius 2 is 2.07 bits per heavy atom. The van der Waals surface area contributed by atoms with Crippen LogP contribution in [0, 0.1) is 0 Å². The fourth-order valence-electron chi connectivity index (χ4n) is 1.17. The van der Waals surface area contributed by atoms with Gasteiger partial charge >= 0.3 is 0 Å². The third-order valence-electron chi connectivity index (χ3n) is 1.80. The van der Waals surface area contributed by atoms with Gasteiger partial charge in [-0.25, -0.2) is 10.1 Å². The first-order chi connectivity index (χ1) is 6.84. The van der Waals surface area contributed by atoms with Gasteiger partial charge in [-0.05, 0) is 12.1 Å². The van der Waals surface area contributed by atoms with Crippen LogP contribution in [0.5, 0.6) is 0 Å². The molecule has 0 bridgehead atoms. The average molecular weight is 191 g/mol. The number of rotatable bonds is 2. The van der Waals surface area contributed by atoms with Crippen LogP contribution in [0.3, 0.4) is 0 Å². The Hall–Kier alpha value is -1.84. The number of nitrogens with one attached hydrogen (secondary N) is 1. The summed E-state index contributed by atoms with van der Waals surface area (Å²) in [6.07, 6.45) is 2.85. The minimum absolute atomic E-state index is 0.208. The van der Waals surface area contributed by atoms with Crippen LogP contribution in [-0.2, 0) is 0 Å². The predicted molar refractivity (Wildman–Crippen MR) is 54.5 cm³/mol. The van der Waals surface area contributed by atoms with Crippen LogP contribution >= 0.6 is 0 Å². The first kappa shape index (κ1) is 8.74. The number of hydrogen-bond acceptors (Lipinski definition) is 3. The quantitative estimate of drug-likeness (QED) is 0.725. The molecule has 0 saturated heterocycles. The summed E-state index contributed by atoms with van der Waals surface area (Å²) in [6.45, 7) is 0.208. The van der Waals surface area contributed by atoms with E-state index in [1.54, 1.807) is 0 Å². The summed E-state index contributed by atoms with van der Waals surface area (Å²) in [6, 6.07) is 9.53. The molecule has 0 saturated carbocycles. The van der Waals surface area contributed by atoms with E-state index in [1.807, 2.05) is 30.3 Å². The molecule has 4 heteroatoms. The van der Waals surface area contributed by atoms with E-state index in [9.17, 15) is 4.48 Å². The van der Waals surface area contributed by atoms with Gasteiger partial charge in [0.15, 0.2) is 0 Å². The van der Waals surface area contributed by atoms with Crippen LogP contribution in [0.1, 0.15) is 0 Å². The highest BCUT2D eigenvalue weighted by molar-refractivity contribution is 5.64. The van der Waals surface area contributed by atoms with Crippen molar-refractivity contribution in [2.75, 3.05) is 11.9 Å². The van der Waals surface area contributed by atoms with E-state index >= 15 is 0 Å². The van der Waals surface area contributed by atoms with Gasteiger partial charge in [-0.2, -0.15) is 0 Å². The van der Waals surface area contributed by atoms with Crippen LogP contribution in [0.15, 0.2) is 47.3 Å². The molecule has 1 aromatic rings. The smallest absolute Gasteiger partial charge is 0.148 e. The molecule has 3 nitrogen and oxygen atoms in total. The van der Waals surface area contributed by atoms with Gasteiger partial charge in [0.2, 0.25) is 0 Å². The standard InChI is InChI=1S/C10H10FN3/c11-14-7-6-12-10(8-14)13-9-4-2-1-3-5-9/h1-6,8,13H,7H2. The summed E-state index contributed by atoms with van der Waals surface area (Å²) in [5, 5.41) is 3.57. The van der Waals surface area contributed by atoms with Gasteiger partial charge in [-0.15, -0.1) is 4.48 Å². The monoisotopic (exact) mass is 191 g/mol. The van der Waals surface area contributed by atoms with Gasteiger partial charge in [-0.1, -0.05) is 18.2 Å². The van der Waals surface area contributed by atoms with Crippen molar-refractivity contribution in [3.63, 3.8) is 0 Å². The largest absolute Gasteiger partial charge is 0.339 e. The molecule has 1 aromatic carbocycles. The second kappa shape index (κ2) is 3.91. The third-order valence-corrected chi connectivity index (χ3v) is 1.80. The van der Waals surface area contributed by atoms with E-state index in [2.05, 4.69) is 10.3 Å². The third kappa shape index (κ3) is 2.10. The molecular formula is C10H10FN3. The normalized spacial score (nSPS) is 15.2. The average Bonchev–Trinajstić information content (AvgIpc) is 2.19. The van der Waals surface area contributed by atoms with Gasteiger partial charge in [0, 0.05) is 11.9 Å². The zero-order chi connectivity index (χ0) is 9.80. The van der Waals surface area contributed by atoms with Crippen molar-refractivity contribution in [3.8, 4) is 0 Å². The highest BCUT2D eigenvalue weighted by atomic mass is 19.2. The molecule has 2 rings (SSSR count). The molecule has 0 spiro atoms. The number of para-hydroxylation sites is 1. The summed E-state index contributed by atoms with van der Waals surface area (Å²) in [4.78, 5) is 4.02. The molecular weight excluding hydrogens is 181 g/mol. The molecule has 1 aliphatic rings. The fourth-order valence-corrected chi connectivity index (χ4v) is 1.17. The minimum Gasteiger partial charge on any atom is -0.339 e. The summed E-state index contributed by atoms with van der Waals surface area (Å²) >= 11 is 0. The van der Waals surface area contributed by atoms with E-state index in [4.69, 9.17) is 0 Å². The predicted octanol–water partition coefficient (Wildman–Crippen LogP) is 2.17. The molecule has 1 heterocycles. The van der Waals surface area contributed by atoms with Gasteiger partial charge in [0.25, 0.3) is 0 Å². The molecule has 1 N–H and O–H groups in total. The van der Waals surface area contributed by atoms with Crippen LogP contribution in [0.25, 0.3) is 0 Å². The lowest BCUT2D eigenvalue weighted by Gasteiger charge is -2.13. The Morgan fingerprint density at radius 3 is 2.79 bits per heavy atom. The molecule has 0 atom stereocenters. The van der Waals surface area contributed by atoms with E-state index in [0.717, 1.165) is 5.69 Å². The molecule has 0 unspecified atom stereocenters. The zero-order valence-corrected chi connectivity index (χ0v) is 7.52. The molecule has 0 fully saturated rings. The lowest BCUT2D eigenvalue weighted by atomic mass is 10.3. The fraction of sp³-hybridized carbons (Fsp3) is 0.100. The van der Waals surface area contributed by atoms with E-state index in [0.29, 0.717) is 10.9 Å². The number of nitrogens with zero attached hydrogens (tertiary/aromatic N) is 2. The van der Waals surface area contributed by atoms with Crippen molar-refractivity contribution in [2.45, 2.75) is 0 Å². The van der Waals surface area contributed by atoms with E-state index < -0.39 is 0 Å². The van der Waals surface area contributed by atoms with Gasteiger partial charge < -0.3 is 5.32 Å². The highest BCUT2D eigenvalue weighted by Gasteiger charge is 2.04. The minimum atomic E-state index is 0.208. The lowest BCUT2D eigenvalue weighted by Crippen LogP contribution is -2.16. The maximum absolute atomic E-state index is 12.8. The topological polar surface area (TPSA) is 27.6 Å². The van der Waals surface area contributed by atoms with Crippen LogP contribution in [0.4, 0.5) is 10.2 Å². The van der Waals surface area contributed by atoms with E-state index in [-0.39, 0.29) is 6.54 Å².